The highest BCUT2D eigenvalue weighted by atomic mass is 16.5. The van der Waals surface area contributed by atoms with Gasteiger partial charge in [0, 0.05) is 0 Å². The molecule has 88 valence electrons. The molecule has 0 aliphatic rings. The summed E-state index contributed by atoms with van der Waals surface area (Å²) < 4.78 is 4.90. The van der Waals surface area contributed by atoms with Gasteiger partial charge >= 0.3 is 5.97 Å². The van der Waals surface area contributed by atoms with Crippen LogP contribution >= 0.6 is 0 Å². The number of rotatable bonds is 3. The molecule has 5 heteroatoms. The van der Waals surface area contributed by atoms with Gasteiger partial charge in [0.05, 0.1) is 12.2 Å². The quantitative estimate of drug-likeness (QED) is 0.538. The molecular weight excluding hydrogens is 212 g/mol. The third-order valence-electron chi connectivity index (χ3n) is 1.85. The Hall–Kier alpha value is -1.91. The molecular formula is C11H14O5. The zero-order valence-electron chi connectivity index (χ0n) is 9.10. The fourth-order valence-electron chi connectivity index (χ4n) is 1.05. The van der Waals surface area contributed by atoms with E-state index in [1.165, 1.54) is 0 Å². The number of benzene rings is 1. The molecule has 1 aromatic rings. The van der Waals surface area contributed by atoms with Gasteiger partial charge < -0.3 is 20.1 Å². The Balaban J connectivity index is 2.84. The normalized spacial score (nSPS) is 10.4. The lowest BCUT2D eigenvalue weighted by atomic mass is 10.2. The molecule has 0 amide bonds. The van der Waals surface area contributed by atoms with E-state index in [4.69, 9.17) is 9.84 Å². The van der Waals surface area contributed by atoms with E-state index in [0.717, 1.165) is 12.1 Å². The first-order chi connectivity index (χ1) is 7.41. The molecule has 0 unspecified atom stereocenters. The molecule has 0 aliphatic carbocycles. The van der Waals surface area contributed by atoms with Crippen LogP contribution in [0.15, 0.2) is 12.1 Å². The summed E-state index contributed by atoms with van der Waals surface area (Å²) in [4.78, 5) is 11.4. The SMILES string of the molecule is CC(C)COC(=O)c1cc(O)c(O)c(O)c1. The minimum atomic E-state index is -0.653. The van der Waals surface area contributed by atoms with Crippen LogP contribution in [0.25, 0.3) is 0 Å². The van der Waals surface area contributed by atoms with Crippen LogP contribution in [0.5, 0.6) is 17.2 Å². The third kappa shape index (κ3) is 2.79. The highest BCUT2D eigenvalue weighted by Crippen LogP contribution is 2.35. The van der Waals surface area contributed by atoms with Crippen LogP contribution in [0.1, 0.15) is 24.2 Å². The number of esters is 1. The van der Waals surface area contributed by atoms with Gasteiger partial charge in [0.1, 0.15) is 0 Å². The average molecular weight is 226 g/mol. The molecule has 16 heavy (non-hydrogen) atoms. The number of phenolic OH excluding ortho intramolecular Hbond substituents is 3. The van der Waals surface area contributed by atoms with Crippen molar-refractivity contribution in [2.75, 3.05) is 6.61 Å². The predicted molar refractivity (Wildman–Crippen MR) is 56.6 cm³/mol. The van der Waals surface area contributed by atoms with E-state index >= 15 is 0 Å². The minimum Gasteiger partial charge on any atom is -0.504 e. The Morgan fingerprint density at radius 2 is 1.75 bits per heavy atom. The summed E-state index contributed by atoms with van der Waals surface area (Å²) in [6, 6.07) is 2.08. The van der Waals surface area contributed by atoms with E-state index in [9.17, 15) is 15.0 Å². The summed E-state index contributed by atoms with van der Waals surface area (Å²) in [5, 5.41) is 27.5. The van der Waals surface area contributed by atoms with Crippen molar-refractivity contribution in [3.63, 3.8) is 0 Å². The van der Waals surface area contributed by atoms with Crippen LogP contribution in [0.3, 0.4) is 0 Å². The second-order valence-corrected chi connectivity index (χ2v) is 3.86. The van der Waals surface area contributed by atoms with Crippen LogP contribution in [0.4, 0.5) is 0 Å². The summed E-state index contributed by atoms with van der Waals surface area (Å²) in [7, 11) is 0. The van der Waals surface area contributed by atoms with Crippen molar-refractivity contribution in [1.29, 1.82) is 0 Å². The first-order valence-electron chi connectivity index (χ1n) is 4.84. The summed E-state index contributed by atoms with van der Waals surface area (Å²) in [5.41, 5.74) is -0.00606. The molecule has 0 bridgehead atoms. The largest absolute Gasteiger partial charge is 0.504 e. The molecule has 0 saturated heterocycles. The van der Waals surface area contributed by atoms with E-state index in [-0.39, 0.29) is 18.1 Å². The highest BCUT2D eigenvalue weighted by Gasteiger charge is 2.14. The number of hydrogen-bond acceptors (Lipinski definition) is 5. The molecule has 0 fully saturated rings. The monoisotopic (exact) mass is 226 g/mol. The average Bonchev–Trinajstić information content (AvgIpc) is 2.21. The Kier molecular flexibility index (Phi) is 3.60. The van der Waals surface area contributed by atoms with Gasteiger partial charge in [-0.3, -0.25) is 0 Å². The van der Waals surface area contributed by atoms with Gasteiger partial charge in [0.25, 0.3) is 0 Å². The number of phenols is 3. The number of aromatic hydroxyl groups is 3. The first-order valence-corrected chi connectivity index (χ1v) is 4.84. The maximum atomic E-state index is 11.4. The lowest BCUT2D eigenvalue weighted by Gasteiger charge is -2.08. The molecule has 0 saturated carbocycles. The molecule has 0 spiro atoms. The van der Waals surface area contributed by atoms with Gasteiger partial charge in [-0.15, -0.1) is 0 Å². The summed E-state index contributed by atoms with van der Waals surface area (Å²) in [6.07, 6.45) is 0. The van der Waals surface area contributed by atoms with Crippen LogP contribution in [0, 0.1) is 5.92 Å². The molecule has 1 aromatic carbocycles. The topological polar surface area (TPSA) is 87.0 Å². The lowest BCUT2D eigenvalue weighted by molar-refractivity contribution is 0.0458. The van der Waals surface area contributed by atoms with E-state index in [1.54, 1.807) is 0 Å². The van der Waals surface area contributed by atoms with Crippen molar-refractivity contribution < 1.29 is 24.9 Å². The van der Waals surface area contributed by atoms with Crippen LogP contribution in [-0.2, 0) is 4.74 Å². The molecule has 0 aromatic heterocycles. The van der Waals surface area contributed by atoms with Crippen molar-refractivity contribution >= 4 is 5.97 Å². The second-order valence-electron chi connectivity index (χ2n) is 3.86. The Bertz CT molecular complexity index is 374. The van der Waals surface area contributed by atoms with E-state index in [2.05, 4.69) is 0 Å². The molecule has 5 nitrogen and oxygen atoms in total. The Morgan fingerprint density at radius 1 is 1.25 bits per heavy atom. The van der Waals surface area contributed by atoms with E-state index in [1.807, 2.05) is 13.8 Å². The molecule has 0 radical (unpaired) electrons. The fraction of sp³-hybridized carbons (Fsp3) is 0.364. The maximum absolute atomic E-state index is 11.4. The van der Waals surface area contributed by atoms with E-state index in [0.29, 0.717) is 0 Å². The van der Waals surface area contributed by atoms with Gasteiger partial charge in [0.2, 0.25) is 0 Å². The number of carbonyl (C=O) groups excluding carboxylic acids is 1. The number of hydrogen-bond donors (Lipinski definition) is 3. The predicted octanol–water partition coefficient (Wildman–Crippen LogP) is 1.62. The standard InChI is InChI=1S/C11H14O5/c1-6(2)5-16-11(15)7-3-8(12)10(14)9(13)4-7/h3-4,6,12-14H,5H2,1-2H3. The van der Waals surface area contributed by atoms with E-state index < -0.39 is 23.2 Å². The Morgan fingerprint density at radius 3 is 2.19 bits per heavy atom. The zero-order valence-corrected chi connectivity index (χ0v) is 9.10. The summed E-state index contributed by atoms with van der Waals surface area (Å²) in [5.74, 6) is -2.23. The lowest BCUT2D eigenvalue weighted by Crippen LogP contribution is -2.10. The molecule has 0 atom stereocenters. The van der Waals surface area contributed by atoms with Crippen molar-refractivity contribution in [3.8, 4) is 17.2 Å². The van der Waals surface area contributed by atoms with Crippen LogP contribution < -0.4 is 0 Å². The van der Waals surface area contributed by atoms with Crippen molar-refractivity contribution in [1.82, 2.24) is 0 Å². The van der Waals surface area contributed by atoms with Gasteiger partial charge in [-0.05, 0) is 18.1 Å². The first kappa shape index (κ1) is 12.2. The van der Waals surface area contributed by atoms with Crippen molar-refractivity contribution in [2.45, 2.75) is 13.8 Å². The summed E-state index contributed by atoms with van der Waals surface area (Å²) >= 11 is 0. The van der Waals surface area contributed by atoms with Gasteiger partial charge in [-0.1, -0.05) is 13.8 Å². The zero-order chi connectivity index (χ0) is 12.3. The number of ether oxygens (including phenoxy) is 1. The van der Waals surface area contributed by atoms with Gasteiger partial charge in [-0.2, -0.15) is 0 Å². The van der Waals surface area contributed by atoms with Crippen molar-refractivity contribution in [3.05, 3.63) is 17.7 Å². The smallest absolute Gasteiger partial charge is 0.338 e. The van der Waals surface area contributed by atoms with Crippen molar-refractivity contribution in [2.24, 2.45) is 5.92 Å². The second kappa shape index (κ2) is 4.74. The molecule has 3 N–H and O–H groups in total. The van der Waals surface area contributed by atoms with Crippen LogP contribution in [0.2, 0.25) is 0 Å². The number of carbonyl (C=O) groups is 1. The molecule has 0 heterocycles. The third-order valence-corrected chi connectivity index (χ3v) is 1.85. The molecule has 1 rings (SSSR count). The van der Waals surface area contributed by atoms with Crippen LogP contribution in [-0.4, -0.2) is 27.9 Å². The van der Waals surface area contributed by atoms with Gasteiger partial charge in [0.15, 0.2) is 17.2 Å². The summed E-state index contributed by atoms with van der Waals surface area (Å²) in [6.45, 7) is 4.03. The molecule has 0 aliphatic heterocycles. The van der Waals surface area contributed by atoms with Gasteiger partial charge in [-0.25, -0.2) is 4.79 Å². The maximum Gasteiger partial charge on any atom is 0.338 e. The minimum absolute atomic E-state index is 0.00606. The Labute approximate surface area is 92.9 Å². The fourth-order valence-corrected chi connectivity index (χ4v) is 1.05. The highest BCUT2D eigenvalue weighted by molar-refractivity contribution is 5.91.